The van der Waals surface area contributed by atoms with Gasteiger partial charge in [-0.15, -0.1) is 0 Å². The first kappa shape index (κ1) is 23.6. The molecule has 0 amide bonds. The molecule has 4 nitrogen and oxygen atoms in total. The lowest BCUT2D eigenvalue weighted by molar-refractivity contribution is 0.546. The summed E-state index contributed by atoms with van der Waals surface area (Å²) in [7, 11) is 0. The largest absolute Gasteiger partial charge is 0.269 e. The fourth-order valence-corrected chi connectivity index (χ4v) is 3.30. The third-order valence-electron chi connectivity index (χ3n) is 4.66. The molecule has 3 rings (SSSR count). The van der Waals surface area contributed by atoms with Gasteiger partial charge in [-0.05, 0) is 11.1 Å². The second-order valence-electron chi connectivity index (χ2n) is 6.58. The number of hydrogen-bond donors (Lipinski definition) is 0. The van der Waals surface area contributed by atoms with E-state index in [1.54, 1.807) is 0 Å². The molecule has 0 aliphatic rings. The topological polar surface area (TPSA) is 56.3 Å². The number of nitriles is 2. The molecule has 0 heterocycles. The smallest absolute Gasteiger partial charge is 0.226 e. The Balaban J connectivity index is 2.73. The maximum absolute atomic E-state index is 14.6. The molecular formula is C24H6F6N4. The van der Waals surface area contributed by atoms with E-state index in [0.29, 0.717) is 24.3 Å². The fourth-order valence-electron chi connectivity index (χ4n) is 3.30. The first-order valence-corrected chi connectivity index (χ1v) is 8.94. The molecule has 0 unspecified atom stereocenters. The Morgan fingerprint density at radius 1 is 0.588 bits per heavy atom. The molecular weight excluding hydrogens is 458 g/mol. The summed E-state index contributed by atoms with van der Waals surface area (Å²) in [5.74, 6) is -8.32. The van der Waals surface area contributed by atoms with Gasteiger partial charge in [-0.2, -0.15) is 0 Å². The minimum Gasteiger partial charge on any atom is -0.226 e. The van der Waals surface area contributed by atoms with Crippen molar-refractivity contribution in [2.45, 2.75) is 0 Å². The lowest BCUT2D eigenvalue weighted by Gasteiger charge is -2.13. The van der Waals surface area contributed by atoms with Crippen LogP contribution >= 0.6 is 0 Å². The summed E-state index contributed by atoms with van der Waals surface area (Å²) in [6.07, 6.45) is 0. The highest BCUT2D eigenvalue weighted by Gasteiger charge is 2.21. The van der Waals surface area contributed by atoms with E-state index < -0.39 is 79.0 Å². The van der Waals surface area contributed by atoms with Crippen LogP contribution in [0.2, 0.25) is 0 Å². The van der Waals surface area contributed by atoms with Crippen molar-refractivity contribution in [3.63, 3.8) is 0 Å². The van der Waals surface area contributed by atoms with Crippen LogP contribution in [0.1, 0.15) is 0 Å². The molecule has 0 saturated heterocycles. The SMILES string of the molecule is [C-]#[N+]C(C#N)=c1cc(-c2c(F)cc(F)cc2F)c(=C(C#N)[N+]#[C-])cc1-c1c(F)cc(F)cc1F. The molecule has 0 spiro atoms. The second kappa shape index (κ2) is 9.20. The number of hydrogen-bond acceptors (Lipinski definition) is 2. The minimum atomic E-state index is -1.44. The van der Waals surface area contributed by atoms with Crippen LogP contribution in [0.25, 0.3) is 43.3 Å². The van der Waals surface area contributed by atoms with Gasteiger partial charge in [-0.3, -0.25) is 0 Å². The highest BCUT2D eigenvalue weighted by Crippen LogP contribution is 2.29. The Morgan fingerprint density at radius 3 is 1.12 bits per heavy atom. The van der Waals surface area contributed by atoms with E-state index in [9.17, 15) is 36.9 Å². The van der Waals surface area contributed by atoms with Crippen molar-refractivity contribution >= 4 is 11.4 Å². The summed E-state index contributed by atoms with van der Waals surface area (Å²) in [4.78, 5) is 5.91. The van der Waals surface area contributed by atoms with E-state index in [4.69, 9.17) is 13.1 Å². The Hall–Kier alpha value is -5.06. The average molecular weight is 464 g/mol. The number of nitrogens with zero attached hydrogens (tertiary/aromatic N) is 4. The molecule has 0 atom stereocenters. The summed E-state index contributed by atoms with van der Waals surface area (Å²) in [6.45, 7) is 14.4. The van der Waals surface area contributed by atoms with Crippen molar-refractivity contribution in [3.05, 3.63) is 105 Å². The van der Waals surface area contributed by atoms with Crippen LogP contribution in [0.4, 0.5) is 26.3 Å². The Morgan fingerprint density at radius 2 is 0.882 bits per heavy atom. The number of benzene rings is 3. The molecule has 164 valence electrons. The van der Waals surface area contributed by atoms with Gasteiger partial charge >= 0.3 is 0 Å². The van der Waals surface area contributed by atoms with Gasteiger partial charge in [0.25, 0.3) is 11.4 Å². The van der Waals surface area contributed by atoms with Crippen molar-refractivity contribution in [1.29, 1.82) is 10.5 Å². The molecule has 0 saturated carbocycles. The quantitative estimate of drug-likeness (QED) is 0.398. The molecule has 0 fully saturated rings. The van der Waals surface area contributed by atoms with E-state index in [1.165, 1.54) is 12.1 Å². The summed E-state index contributed by atoms with van der Waals surface area (Å²) in [6, 6.07) is 5.83. The van der Waals surface area contributed by atoms with Crippen LogP contribution in [0.5, 0.6) is 0 Å². The minimum absolute atomic E-state index is 0.322. The van der Waals surface area contributed by atoms with E-state index >= 15 is 0 Å². The zero-order valence-electron chi connectivity index (χ0n) is 16.5. The van der Waals surface area contributed by atoms with Crippen LogP contribution in [-0.2, 0) is 0 Å². The molecule has 0 aliphatic carbocycles. The predicted molar refractivity (Wildman–Crippen MR) is 108 cm³/mol. The third-order valence-corrected chi connectivity index (χ3v) is 4.66. The lowest BCUT2D eigenvalue weighted by atomic mass is 9.93. The fraction of sp³-hybridized carbons (Fsp3) is 0. The van der Waals surface area contributed by atoms with Crippen LogP contribution < -0.4 is 10.4 Å². The van der Waals surface area contributed by atoms with Crippen molar-refractivity contribution in [1.82, 2.24) is 0 Å². The molecule has 0 aromatic heterocycles. The highest BCUT2D eigenvalue weighted by atomic mass is 19.2. The Labute approximate surface area is 187 Å². The van der Waals surface area contributed by atoms with Gasteiger partial charge in [-0.25, -0.2) is 46.6 Å². The van der Waals surface area contributed by atoms with Crippen LogP contribution in [0.15, 0.2) is 36.4 Å². The molecule has 3 aromatic carbocycles. The predicted octanol–water partition coefficient (Wildman–Crippen LogP) is 4.96. The second-order valence-corrected chi connectivity index (χ2v) is 6.58. The molecule has 34 heavy (non-hydrogen) atoms. The molecule has 0 aliphatic heterocycles. The highest BCUT2D eigenvalue weighted by molar-refractivity contribution is 5.82. The number of halogens is 6. The maximum Gasteiger partial charge on any atom is 0.269 e. The van der Waals surface area contributed by atoms with Gasteiger partial charge in [0.2, 0.25) is 0 Å². The Bertz CT molecular complexity index is 1460. The average Bonchev–Trinajstić information content (AvgIpc) is 2.75. The van der Waals surface area contributed by atoms with Gasteiger partial charge < -0.3 is 0 Å². The van der Waals surface area contributed by atoms with Crippen molar-refractivity contribution in [3.8, 4) is 34.4 Å². The van der Waals surface area contributed by atoms with Crippen LogP contribution in [0, 0.1) is 70.7 Å². The van der Waals surface area contributed by atoms with Gasteiger partial charge in [0.15, 0.2) is 0 Å². The summed E-state index contributed by atoms with van der Waals surface area (Å²) >= 11 is 0. The van der Waals surface area contributed by atoms with E-state index in [2.05, 4.69) is 9.69 Å². The van der Waals surface area contributed by atoms with Crippen molar-refractivity contribution in [2.75, 3.05) is 0 Å². The maximum atomic E-state index is 14.6. The first-order valence-electron chi connectivity index (χ1n) is 8.94. The van der Waals surface area contributed by atoms with Crippen molar-refractivity contribution in [2.24, 2.45) is 0 Å². The normalized spacial score (nSPS) is 12.1. The monoisotopic (exact) mass is 464 g/mol. The molecule has 0 bridgehead atoms. The first-order chi connectivity index (χ1) is 16.2. The lowest BCUT2D eigenvalue weighted by Crippen LogP contribution is -2.20. The Kier molecular flexibility index (Phi) is 6.39. The van der Waals surface area contributed by atoms with Crippen molar-refractivity contribution < 1.29 is 26.3 Å². The van der Waals surface area contributed by atoms with E-state index in [0.717, 1.165) is 12.1 Å². The van der Waals surface area contributed by atoms with Gasteiger partial charge in [0.05, 0.1) is 36.4 Å². The zero-order chi connectivity index (χ0) is 25.2. The standard InChI is InChI=1S/C24H6F6N4/c1-33-21(9-31)13-7-16(24-19(29)5-12(26)6-20(24)30)14(22(10-32)34-2)8-15(13)23-17(27)3-11(25)4-18(23)28/h3-8H. The van der Waals surface area contributed by atoms with E-state index in [1.807, 2.05) is 0 Å². The molecule has 3 aromatic rings. The van der Waals surface area contributed by atoms with Crippen LogP contribution in [0.3, 0.4) is 0 Å². The molecule has 10 heteroatoms. The van der Waals surface area contributed by atoms with Gasteiger partial charge in [0, 0.05) is 34.7 Å². The number of rotatable bonds is 2. The van der Waals surface area contributed by atoms with E-state index in [-0.39, 0.29) is 0 Å². The molecule has 0 radical (unpaired) electrons. The van der Waals surface area contributed by atoms with Gasteiger partial charge in [0.1, 0.15) is 34.9 Å². The third kappa shape index (κ3) is 4.05. The summed E-state index contributed by atoms with van der Waals surface area (Å²) < 4.78 is 85.3. The summed E-state index contributed by atoms with van der Waals surface area (Å²) in [5, 5.41) is 17.7. The summed E-state index contributed by atoms with van der Waals surface area (Å²) in [5.41, 5.74) is -4.47. The molecule has 0 N–H and O–H groups in total. The zero-order valence-corrected chi connectivity index (χ0v) is 16.5. The van der Waals surface area contributed by atoms with Gasteiger partial charge in [-0.1, -0.05) is 12.1 Å². The van der Waals surface area contributed by atoms with Crippen LogP contribution in [-0.4, -0.2) is 0 Å².